The molecule has 0 saturated carbocycles. The van der Waals surface area contributed by atoms with Gasteiger partial charge >= 0.3 is 0 Å². The Morgan fingerprint density at radius 1 is 1.33 bits per heavy atom. The van der Waals surface area contributed by atoms with Crippen LogP contribution >= 0.6 is 23.5 Å². The van der Waals surface area contributed by atoms with Gasteiger partial charge in [-0.25, -0.2) is 15.0 Å². The maximum atomic E-state index is 6.34. The molecule has 3 aromatic heterocycles. The monoisotopic (exact) mass is 440 g/mol. The summed E-state index contributed by atoms with van der Waals surface area (Å²) in [5, 5.41) is 1.60. The number of fused-ring (bicyclic) bond motifs is 2. The van der Waals surface area contributed by atoms with Gasteiger partial charge in [-0.1, -0.05) is 29.6 Å². The van der Waals surface area contributed by atoms with Crippen molar-refractivity contribution in [2.45, 2.75) is 51.2 Å². The first-order chi connectivity index (χ1) is 14.6. The van der Waals surface area contributed by atoms with Crippen LogP contribution in [0.15, 0.2) is 30.7 Å². The molecule has 0 bridgehead atoms. The van der Waals surface area contributed by atoms with Gasteiger partial charge in [-0.05, 0) is 50.1 Å². The van der Waals surface area contributed by atoms with Crippen molar-refractivity contribution in [3.05, 3.63) is 52.8 Å². The fraction of sp³-hybridized carbons (Fsp3) is 0.409. The Labute approximate surface area is 185 Å². The third-order valence-corrected chi connectivity index (χ3v) is 6.93. The molecule has 0 saturated heterocycles. The van der Waals surface area contributed by atoms with Crippen molar-refractivity contribution >= 4 is 45.8 Å². The second kappa shape index (κ2) is 8.21. The van der Waals surface area contributed by atoms with Crippen LogP contribution in [0.25, 0.3) is 16.6 Å². The summed E-state index contributed by atoms with van der Waals surface area (Å²) in [6.45, 7) is 3.02. The number of hydrogen-bond donors (Lipinski definition) is 2. The van der Waals surface area contributed by atoms with E-state index in [9.17, 15) is 0 Å². The van der Waals surface area contributed by atoms with Crippen molar-refractivity contribution in [2.75, 3.05) is 11.2 Å². The van der Waals surface area contributed by atoms with Gasteiger partial charge in [-0.3, -0.25) is 4.72 Å². The standard InChI is InChI=1S/C22H25ClN6S/c1-13-9-18-17(11-29(13)19-10-20(23)27-22-16(19)7-8-24-22)21(26-12-25-18)14-3-5-15(6-4-14)28-30-2/h3,7-8,10,12-13,15,28H,4-6,9,11H2,1-2H3,(H,24,27). The number of anilines is 1. The van der Waals surface area contributed by atoms with Crippen LogP contribution < -0.4 is 9.62 Å². The molecule has 3 aromatic rings. The molecule has 1 aliphatic heterocycles. The maximum Gasteiger partial charge on any atom is 0.141 e. The lowest BCUT2D eigenvalue weighted by molar-refractivity contribution is 0.569. The molecule has 4 heterocycles. The Hall–Kier alpha value is -2.09. The number of nitrogens with one attached hydrogen (secondary N) is 2. The van der Waals surface area contributed by atoms with E-state index in [1.807, 2.05) is 12.3 Å². The third-order valence-electron chi connectivity index (χ3n) is 6.17. The molecule has 8 heteroatoms. The smallest absolute Gasteiger partial charge is 0.141 e. The number of halogens is 1. The molecule has 5 rings (SSSR count). The van der Waals surface area contributed by atoms with Gasteiger partial charge in [0.2, 0.25) is 0 Å². The molecule has 2 atom stereocenters. The minimum absolute atomic E-state index is 0.312. The highest BCUT2D eigenvalue weighted by molar-refractivity contribution is 7.96. The summed E-state index contributed by atoms with van der Waals surface area (Å²) < 4.78 is 3.48. The van der Waals surface area contributed by atoms with E-state index in [0.29, 0.717) is 17.2 Å². The van der Waals surface area contributed by atoms with Crippen LogP contribution in [0, 0.1) is 0 Å². The fourth-order valence-electron chi connectivity index (χ4n) is 4.66. The lowest BCUT2D eigenvalue weighted by Gasteiger charge is -2.37. The van der Waals surface area contributed by atoms with Crippen LogP contribution in [-0.4, -0.2) is 38.3 Å². The Bertz CT molecular complexity index is 1110. The highest BCUT2D eigenvalue weighted by Gasteiger charge is 2.29. The molecule has 1 aliphatic carbocycles. The highest BCUT2D eigenvalue weighted by Crippen LogP contribution is 2.37. The van der Waals surface area contributed by atoms with Crippen molar-refractivity contribution in [1.82, 2.24) is 24.7 Å². The third kappa shape index (κ3) is 3.59. The van der Waals surface area contributed by atoms with E-state index in [2.05, 4.69) is 49.9 Å². The molecule has 156 valence electrons. The maximum absolute atomic E-state index is 6.34. The summed E-state index contributed by atoms with van der Waals surface area (Å²) in [5.41, 5.74) is 6.81. The minimum Gasteiger partial charge on any atom is -0.363 e. The van der Waals surface area contributed by atoms with Crippen molar-refractivity contribution < 1.29 is 0 Å². The quantitative estimate of drug-likeness (QED) is 0.450. The molecule has 0 amide bonds. The van der Waals surface area contributed by atoms with Gasteiger partial charge in [0.15, 0.2) is 0 Å². The van der Waals surface area contributed by atoms with Crippen LogP contribution in [0.2, 0.25) is 5.15 Å². The van der Waals surface area contributed by atoms with Crippen molar-refractivity contribution in [3.8, 4) is 0 Å². The summed E-state index contributed by atoms with van der Waals surface area (Å²) in [6.07, 6.45) is 12.2. The number of aromatic amines is 1. The zero-order valence-corrected chi connectivity index (χ0v) is 18.7. The number of nitrogens with zero attached hydrogens (tertiary/aromatic N) is 4. The van der Waals surface area contributed by atoms with Crippen LogP contribution in [0.4, 0.5) is 5.69 Å². The second-order valence-electron chi connectivity index (χ2n) is 8.06. The normalized spacial score (nSPS) is 21.6. The number of H-pyrrole nitrogens is 1. The topological polar surface area (TPSA) is 69.7 Å². The zero-order chi connectivity index (χ0) is 20.7. The number of allylic oxidation sites excluding steroid dienone is 1. The van der Waals surface area contributed by atoms with E-state index in [-0.39, 0.29) is 0 Å². The van der Waals surface area contributed by atoms with Crippen molar-refractivity contribution in [2.24, 2.45) is 0 Å². The molecule has 0 spiro atoms. The average Bonchev–Trinajstić information content (AvgIpc) is 3.21. The van der Waals surface area contributed by atoms with E-state index < -0.39 is 0 Å². The Kier molecular flexibility index (Phi) is 5.43. The molecular weight excluding hydrogens is 416 g/mol. The predicted molar refractivity (Wildman–Crippen MR) is 125 cm³/mol. The van der Waals surface area contributed by atoms with Crippen LogP contribution in [-0.2, 0) is 13.0 Å². The van der Waals surface area contributed by atoms with E-state index >= 15 is 0 Å². The Morgan fingerprint density at radius 2 is 2.23 bits per heavy atom. The summed E-state index contributed by atoms with van der Waals surface area (Å²) >= 11 is 8.04. The van der Waals surface area contributed by atoms with E-state index in [1.54, 1.807) is 18.3 Å². The van der Waals surface area contributed by atoms with E-state index in [1.165, 1.54) is 16.8 Å². The molecule has 2 N–H and O–H groups in total. The Balaban J connectivity index is 1.52. The summed E-state index contributed by atoms with van der Waals surface area (Å²) in [7, 11) is 0. The summed E-state index contributed by atoms with van der Waals surface area (Å²) in [4.78, 5) is 19.4. The average molecular weight is 441 g/mol. The van der Waals surface area contributed by atoms with Gasteiger partial charge in [0.1, 0.15) is 17.1 Å². The van der Waals surface area contributed by atoms with Crippen molar-refractivity contribution in [1.29, 1.82) is 0 Å². The second-order valence-corrected chi connectivity index (χ2v) is 9.09. The zero-order valence-electron chi connectivity index (χ0n) is 17.2. The summed E-state index contributed by atoms with van der Waals surface area (Å²) in [6, 6.07) is 4.90. The largest absolute Gasteiger partial charge is 0.363 e. The fourth-order valence-corrected chi connectivity index (χ4v) is 5.39. The lowest BCUT2D eigenvalue weighted by Crippen LogP contribution is -2.39. The van der Waals surface area contributed by atoms with Crippen LogP contribution in [0.3, 0.4) is 0 Å². The van der Waals surface area contributed by atoms with Crippen LogP contribution in [0.1, 0.15) is 43.1 Å². The predicted octanol–water partition coefficient (Wildman–Crippen LogP) is 4.76. The van der Waals surface area contributed by atoms with Gasteiger partial charge in [0.05, 0.1) is 17.1 Å². The van der Waals surface area contributed by atoms with Gasteiger partial charge in [-0.15, -0.1) is 0 Å². The first kappa shape index (κ1) is 19.8. The van der Waals surface area contributed by atoms with E-state index in [0.717, 1.165) is 54.6 Å². The van der Waals surface area contributed by atoms with Gasteiger partial charge in [-0.2, -0.15) is 0 Å². The molecule has 6 nitrogen and oxygen atoms in total. The Morgan fingerprint density at radius 3 is 3.03 bits per heavy atom. The minimum atomic E-state index is 0.312. The summed E-state index contributed by atoms with van der Waals surface area (Å²) in [5.74, 6) is 0. The molecular formula is C22H25ClN6S. The highest BCUT2D eigenvalue weighted by atomic mass is 35.5. The first-order valence-electron chi connectivity index (χ1n) is 10.3. The molecule has 2 unspecified atom stereocenters. The molecule has 30 heavy (non-hydrogen) atoms. The lowest BCUT2D eigenvalue weighted by atomic mass is 9.89. The van der Waals surface area contributed by atoms with Crippen LogP contribution in [0.5, 0.6) is 0 Å². The molecule has 0 radical (unpaired) electrons. The van der Waals surface area contributed by atoms with Gasteiger partial charge < -0.3 is 9.88 Å². The van der Waals surface area contributed by atoms with Gasteiger partial charge in [0, 0.05) is 42.2 Å². The molecule has 2 aliphatic rings. The van der Waals surface area contributed by atoms with Gasteiger partial charge in [0.25, 0.3) is 0 Å². The number of aromatic nitrogens is 4. The number of pyridine rings is 1. The number of rotatable bonds is 4. The number of hydrogen-bond acceptors (Lipinski definition) is 6. The van der Waals surface area contributed by atoms with Crippen molar-refractivity contribution in [3.63, 3.8) is 0 Å². The van der Waals surface area contributed by atoms with E-state index in [4.69, 9.17) is 16.6 Å². The molecule has 0 fully saturated rings. The SMILES string of the molecule is CSNC1CC=C(c2ncnc3c2CN(c2cc(Cl)nc4[nH]ccc24)C(C)C3)CC1. The first-order valence-corrected chi connectivity index (χ1v) is 11.9. The molecule has 0 aromatic carbocycles.